The standard InChI is InChI=1S/C23H33N7O/c1-2-7-21-20(6-1)19(18-24-21)8-11-25-23(9-3-4-10-23)22-26-27-28-30(22)13-5-12-29-14-16-31-17-15-29/h1-2,6-7,18,24-25H,3-5,8-17H2. The third kappa shape index (κ3) is 4.51. The minimum absolute atomic E-state index is 0.103. The number of hydrogen-bond acceptors (Lipinski definition) is 6. The SMILES string of the molecule is c1ccc2c(CCNC3(c4nnnn4CCCN4CCOCC4)CCCC3)c[nH]c2c1. The van der Waals surface area contributed by atoms with E-state index in [2.05, 4.69) is 61.2 Å². The van der Waals surface area contributed by atoms with Gasteiger partial charge in [0.05, 0.1) is 18.8 Å². The molecule has 1 aromatic carbocycles. The van der Waals surface area contributed by atoms with Crippen LogP contribution in [0.4, 0.5) is 0 Å². The van der Waals surface area contributed by atoms with E-state index in [-0.39, 0.29) is 5.54 Å². The second kappa shape index (κ2) is 9.46. The zero-order valence-corrected chi connectivity index (χ0v) is 18.2. The Morgan fingerprint density at radius 2 is 1.94 bits per heavy atom. The van der Waals surface area contributed by atoms with Gasteiger partial charge in [0, 0.05) is 49.8 Å². The number of para-hydroxylation sites is 1. The Hall–Kier alpha value is -2.29. The van der Waals surface area contributed by atoms with Crippen molar-refractivity contribution in [1.82, 2.24) is 35.4 Å². The van der Waals surface area contributed by atoms with Crippen molar-refractivity contribution in [2.45, 2.75) is 50.6 Å². The highest BCUT2D eigenvalue weighted by Crippen LogP contribution is 2.37. The Morgan fingerprint density at radius 3 is 2.81 bits per heavy atom. The largest absolute Gasteiger partial charge is 0.379 e. The maximum atomic E-state index is 5.45. The van der Waals surface area contributed by atoms with Gasteiger partial charge in [-0.1, -0.05) is 31.0 Å². The van der Waals surface area contributed by atoms with Crippen LogP contribution in [0.2, 0.25) is 0 Å². The van der Waals surface area contributed by atoms with Gasteiger partial charge in [0.1, 0.15) is 0 Å². The molecule has 8 nitrogen and oxygen atoms in total. The predicted molar refractivity (Wildman–Crippen MR) is 120 cm³/mol. The molecule has 8 heteroatoms. The molecule has 2 aromatic heterocycles. The van der Waals surface area contributed by atoms with Crippen molar-refractivity contribution in [2.24, 2.45) is 0 Å². The summed E-state index contributed by atoms with van der Waals surface area (Å²) in [6.07, 6.45) is 8.84. The molecular weight excluding hydrogens is 390 g/mol. The molecule has 3 aromatic rings. The number of benzene rings is 1. The van der Waals surface area contributed by atoms with E-state index >= 15 is 0 Å². The number of hydrogen-bond donors (Lipinski definition) is 2. The minimum atomic E-state index is -0.103. The second-order valence-corrected chi connectivity index (χ2v) is 8.86. The van der Waals surface area contributed by atoms with Crippen LogP contribution in [0.25, 0.3) is 10.9 Å². The van der Waals surface area contributed by atoms with Crippen LogP contribution in [-0.2, 0) is 23.2 Å². The van der Waals surface area contributed by atoms with Gasteiger partial charge < -0.3 is 15.0 Å². The van der Waals surface area contributed by atoms with Gasteiger partial charge in [0.2, 0.25) is 0 Å². The molecule has 31 heavy (non-hydrogen) atoms. The van der Waals surface area contributed by atoms with E-state index in [0.29, 0.717) is 0 Å². The van der Waals surface area contributed by atoms with Crippen LogP contribution < -0.4 is 5.32 Å². The lowest BCUT2D eigenvalue weighted by molar-refractivity contribution is 0.0367. The van der Waals surface area contributed by atoms with Crippen LogP contribution in [0, 0.1) is 0 Å². The number of fused-ring (bicyclic) bond motifs is 1. The Kier molecular flexibility index (Phi) is 6.29. The van der Waals surface area contributed by atoms with Crippen LogP contribution in [0.15, 0.2) is 30.5 Å². The van der Waals surface area contributed by atoms with Gasteiger partial charge in [0.25, 0.3) is 0 Å². The molecule has 2 aliphatic rings. The molecule has 3 heterocycles. The Balaban J connectivity index is 1.22. The first-order valence-electron chi connectivity index (χ1n) is 11.7. The summed E-state index contributed by atoms with van der Waals surface area (Å²) in [5.41, 5.74) is 2.47. The highest BCUT2D eigenvalue weighted by Gasteiger charge is 2.39. The maximum Gasteiger partial charge on any atom is 0.171 e. The second-order valence-electron chi connectivity index (χ2n) is 8.86. The summed E-state index contributed by atoms with van der Waals surface area (Å²) >= 11 is 0. The molecule has 1 aliphatic carbocycles. The Morgan fingerprint density at radius 1 is 1.10 bits per heavy atom. The van der Waals surface area contributed by atoms with E-state index < -0.39 is 0 Å². The summed E-state index contributed by atoms with van der Waals surface area (Å²) in [6.45, 7) is 6.61. The third-order valence-electron chi connectivity index (χ3n) is 6.90. The number of aromatic amines is 1. The van der Waals surface area contributed by atoms with Gasteiger partial charge in [-0.05, 0) is 47.7 Å². The number of aryl methyl sites for hydroxylation is 1. The first-order valence-corrected chi connectivity index (χ1v) is 11.7. The molecule has 0 atom stereocenters. The van der Waals surface area contributed by atoms with Crippen LogP contribution in [0.5, 0.6) is 0 Å². The maximum absolute atomic E-state index is 5.45. The number of nitrogens with zero attached hydrogens (tertiary/aromatic N) is 5. The Labute approximate surface area is 183 Å². The molecule has 0 radical (unpaired) electrons. The molecule has 2 N–H and O–H groups in total. The molecule has 0 bridgehead atoms. The molecule has 0 amide bonds. The number of rotatable bonds is 9. The number of aromatic nitrogens is 5. The first kappa shape index (κ1) is 20.6. The van der Waals surface area contributed by atoms with Gasteiger partial charge >= 0.3 is 0 Å². The quantitative estimate of drug-likeness (QED) is 0.550. The van der Waals surface area contributed by atoms with Crippen LogP contribution in [0.3, 0.4) is 0 Å². The number of morpholine rings is 1. The average Bonchev–Trinajstić information content (AvgIpc) is 3.55. The van der Waals surface area contributed by atoms with Gasteiger partial charge in [-0.25, -0.2) is 4.68 Å². The third-order valence-corrected chi connectivity index (χ3v) is 6.90. The van der Waals surface area contributed by atoms with Crippen LogP contribution >= 0.6 is 0 Å². The fraction of sp³-hybridized carbons (Fsp3) is 0.609. The van der Waals surface area contributed by atoms with E-state index in [1.165, 1.54) is 29.3 Å². The normalized spacial score (nSPS) is 19.4. The summed E-state index contributed by atoms with van der Waals surface area (Å²) in [4.78, 5) is 5.86. The van der Waals surface area contributed by atoms with E-state index in [1.807, 2.05) is 4.68 Å². The summed E-state index contributed by atoms with van der Waals surface area (Å²) in [6, 6.07) is 8.52. The van der Waals surface area contributed by atoms with Crippen molar-refractivity contribution < 1.29 is 4.74 Å². The van der Waals surface area contributed by atoms with Gasteiger partial charge in [0.15, 0.2) is 5.82 Å². The molecule has 0 unspecified atom stereocenters. The van der Waals surface area contributed by atoms with Gasteiger partial charge in [-0.15, -0.1) is 5.10 Å². The Bertz CT molecular complexity index is 969. The molecule has 5 rings (SSSR count). The summed E-state index contributed by atoms with van der Waals surface area (Å²) in [5.74, 6) is 1.02. The summed E-state index contributed by atoms with van der Waals surface area (Å²) < 4.78 is 7.50. The zero-order valence-electron chi connectivity index (χ0n) is 18.2. The van der Waals surface area contributed by atoms with Crippen molar-refractivity contribution in [3.8, 4) is 0 Å². The van der Waals surface area contributed by atoms with E-state index in [9.17, 15) is 0 Å². The summed E-state index contributed by atoms with van der Waals surface area (Å²) in [7, 11) is 0. The minimum Gasteiger partial charge on any atom is -0.379 e. The number of nitrogens with one attached hydrogen (secondary N) is 2. The summed E-state index contributed by atoms with van der Waals surface area (Å²) in [5, 5.41) is 18.1. The highest BCUT2D eigenvalue weighted by molar-refractivity contribution is 5.83. The van der Waals surface area contributed by atoms with E-state index in [4.69, 9.17) is 4.74 Å². The number of ether oxygens (including phenoxy) is 1. The monoisotopic (exact) mass is 423 g/mol. The molecule has 2 fully saturated rings. The van der Waals surface area contributed by atoms with Crippen molar-refractivity contribution in [3.05, 3.63) is 41.9 Å². The zero-order chi connectivity index (χ0) is 20.9. The number of H-pyrrole nitrogens is 1. The smallest absolute Gasteiger partial charge is 0.171 e. The van der Waals surface area contributed by atoms with Crippen molar-refractivity contribution in [3.63, 3.8) is 0 Å². The van der Waals surface area contributed by atoms with Crippen molar-refractivity contribution >= 4 is 10.9 Å². The van der Waals surface area contributed by atoms with Crippen molar-refractivity contribution in [1.29, 1.82) is 0 Å². The lowest BCUT2D eigenvalue weighted by Crippen LogP contribution is -2.43. The lowest BCUT2D eigenvalue weighted by Gasteiger charge is -2.30. The highest BCUT2D eigenvalue weighted by atomic mass is 16.5. The lowest BCUT2D eigenvalue weighted by atomic mass is 9.95. The van der Waals surface area contributed by atoms with Crippen LogP contribution in [-0.4, -0.2) is 69.5 Å². The molecule has 1 saturated carbocycles. The predicted octanol–water partition coefficient (Wildman–Crippen LogP) is 2.48. The van der Waals surface area contributed by atoms with Gasteiger partial charge in [-0.3, -0.25) is 4.90 Å². The molecule has 0 spiro atoms. The molecular formula is C23H33N7O. The molecule has 1 saturated heterocycles. The van der Waals surface area contributed by atoms with E-state index in [0.717, 1.165) is 77.4 Å². The van der Waals surface area contributed by atoms with Crippen LogP contribution in [0.1, 0.15) is 43.5 Å². The topological polar surface area (TPSA) is 83.9 Å². The number of tetrazole rings is 1. The van der Waals surface area contributed by atoms with Crippen molar-refractivity contribution in [2.75, 3.05) is 39.4 Å². The molecule has 1 aliphatic heterocycles. The molecule has 166 valence electrons. The van der Waals surface area contributed by atoms with Gasteiger partial charge in [-0.2, -0.15) is 0 Å². The fourth-order valence-electron chi connectivity index (χ4n) is 5.20. The first-order chi connectivity index (χ1) is 15.3. The fourth-order valence-corrected chi connectivity index (χ4v) is 5.20. The average molecular weight is 424 g/mol. The van der Waals surface area contributed by atoms with E-state index in [1.54, 1.807) is 0 Å².